The minimum Gasteiger partial charge on any atom is -0.459 e. The summed E-state index contributed by atoms with van der Waals surface area (Å²) in [5.41, 5.74) is 1.55. The molecule has 7 nitrogen and oxygen atoms in total. The lowest BCUT2D eigenvalue weighted by atomic mass is 10.2. The number of nitriles is 1. The van der Waals surface area contributed by atoms with Gasteiger partial charge in [0.15, 0.2) is 5.76 Å². The van der Waals surface area contributed by atoms with Gasteiger partial charge < -0.3 is 9.73 Å². The van der Waals surface area contributed by atoms with Crippen molar-refractivity contribution in [2.75, 3.05) is 5.32 Å². The second-order valence-corrected chi connectivity index (χ2v) is 7.36. The van der Waals surface area contributed by atoms with E-state index >= 15 is 0 Å². The summed E-state index contributed by atoms with van der Waals surface area (Å²) in [5.74, 6) is -0.169. The maximum Gasteiger partial charge on any atom is 0.291 e. The van der Waals surface area contributed by atoms with Gasteiger partial charge in [0, 0.05) is 12.2 Å². The van der Waals surface area contributed by atoms with E-state index in [4.69, 9.17) is 9.68 Å². The van der Waals surface area contributed by atoms with Gasteiger partial charge in [-0.15, -0.1) is 0 Å². The van der Waals surface area contributed by atoms with E-state index in [1.54, 1.807) is 36.4 Å². The molecule has 1 aromatic heterocycles. The number of carbonyl (C=O) groups excluding carboxylic acids is 1. The highest BCUT2D eigenvalue weighted by Crippen LogP contribution is 2.14. The lowest BCUT2D eigenvalue weighted by molar-refractivity contribution is 0.0996. The molecule has 0 aliphatic rings. The van der Waals surface area contributed by atoms with E-state index in [2.05, 4.69) is 10.0 Å². The Hall–Kier alpha value is -3.41. The number of anilines is 1. The van der Waals surface area contributed by atoms with Gasteiger partial charge in [0.05, 0.1) is 22.8 Å². The second kappa shape index (κ2) is 7.86. The van der Waals surface area contributed by atoms with Gasteiger partial charge in [0.25, 0.3) is 5.91 Å². The van der Waals surface area contributed by atoms with E-state index in [9.17, 15) is 13.2 Å². The fraction of sp³-hybridized carbons (Fsp3) is 0.0526. The molecule has 0 unspecified atom stereocenters. The number of sulfonamides is 1. The number of benzene rings is 2. The van der Waals surface area contributed by atoms with E-state index < -0.39 is 10.0 Å². The van der Waals surface area contributed by atoms with Gasteiger partial charge in [-0.3, -0.25) is 4.79 Å². The molecule has 0 spiro atoms. The fourth-order valence-electron chi connectivity index (χ4n) is 2.30. The van der Waals surface area contributed by atoms with Gasteiger partial charge in [-0.2, -0.15) is 5.26 Å². The quantitative estimate of drug-likeness (QED) is 0.682. The first-order valence-electron chi connectivity index (χ1n) is 7.91. The number of rotatable bonds is 6. The lowest BCUT2D eigenvalue weighted by Crippen LogP contribution is -2.23. The molecule has 0 bridgehead atoms. The Balaban J connectivity index is 1.63. The lowest BCUT2D eigenvalue weighted by Gasteiger charge is -2.08. The molecule has 8 heteroatoms. The highest BCUT2D eigenvalue weighted by molar-refractivity contribution is 7.89. The van der Waals surface area contributed by atoms with Crippen molar-refractivity contribution in [1.29, 1.82) is 5.26 Å². The summed E-state index contributed by atoms with van der Waals surface area (Å²) >= 11 is 0. The summed E-state index contributed by atoms with van der Waals surface area (Å²) in [4.78, 5) is 11.9. The summed E-state index contributed by atoms with van der Waals surface area (Å²) < 4.78 is 32.2. The van der Waals surface area contributed by atoms with Crippen LogP contribution in [-0.4, -0.2) is 14.3 Å². The summed E-state index contributed by atoms with van der Waals surface area (Å²) in [5, 5.41) is 11.6. The zero-order chi connectivity index (χ0) is 19.3. The number of hydrogen-bond acceptors (Lipinski definition) is 5. The fourth-order valence-corrected chi connectivity index (χ4v) is 3.36. The molecule has 0 saturated heterocycles. The molecule has 0 aliphatic heterocycles. The van der Waals surface area contributed by atoms with Gasteiger partial charge in [-0.25, -0.2) is 13.1 Å². The zero-order valence-electron chi connectivity index (χ0n) is 14.0. The Morgan fingerprint density at radius 1 is 1.07 bits per heavy atom. The molecule has 0 radical (unpaired) electrons. The maximum absolute atomic E-state index is 12.3. The van der Waals surface area contributed by atoms with E-state index in [0.717, 1.165) is 0 Å². The highest BCUT2D eigenvalue weighted by atomic mass is 32.2. The number of hydrogen-bond donors (Lipinski definition) is 2. The topological polar surface area (TPSA) is 112 Å². The van der Waals surface area contributed by atoms with Crippen molar-refractivity contribution in [3.63, 3.8) is 0 Å². The molecule has 1 amide bonds. The van der Waals surface area contributed by atoms with E-state index in [0.29, 0.717) is 11.3 Å². The first-order valence-corrected chi connectivity index (χ1v) is 9.40. The van der Waals surface area contributed by atoms with Gasteiger partial charge in [-0.05, 0) is 48.0 Å². The predicted octanol–water partition coefficient (Wildman–Crippen LogP) is 2.88. The predicted molar refractivity (Wildman–Crippen MR) is 98.3 cm³/mol. The minimum absolute atomic E-state index is 0.0314. The smallest absolute Gasteiger partial charge is 0.291 e. The molecule has 136 valence electrons. The number of amides is 1. The zero-order valence-corrected chi connectivity index (χ0v) is 14.9. The van der Waals surface area contributed by atoms with E-state index in [1.807, 2.05) is 6.07 Å². The first kappa shape index (κ1) is 18.4. The third-order valence-electron chi connectivity index (χ3n) is 3.70. The molecule has 3 rings (SSSR count). The van der Waals surface area contributed by atoms with Crippen molar-refractivity contribution >= 4 is 21.6 Å². The van der Waals surface area contributed by atoms with Crippen LogP contribution in [0.1, 0.15) is 21.7 Å². The van der Waals surface area contributed by atoms with E-state index in [-0.39, 0.29) is 28.7 Å². The van der Waals surface area contributed by atoms with Crippen molar-refractivity contribution in [1.82, 2.24) is 4.72 Å². The molecular weight excluding hydrogens is 366 g/mol. The number of furan rings is 1. The third-order valence-corrected chi connectivity index (χ3v) is 5.10. The Bertz CT molecular complexity index is 1080. The molecule has 3 aromatic rings. The summed E-state index contributed by atoms with van der Waals surface area (Å²) in [7, 11) is -3.73. The van der Waals surface area contributed by atoms with Crippen molar-refractivity contribution in [3.05, 3.63) is 83.8 Å². The van der Waals surface area contributed by atoms with Crippen molar-refractivity contribution in [2.45, 2.75) is 11.4 Å². The van der Waals surface area contributed by atoms with Crippen LogP contribution in [0.25, 0.3) is 0 Å². The molecule has 27 heavy (non-hydrogen) atoms. The normalized spacial score (nSPS) is 10.9. The summed E-state index contributed by atoms with van der Waals surface area (Å²) in [6.45, 7) is 0.0749. The molecule has 0 aliphatic carbocycles. The van der Waals surface area contributed by atoms with Gasteiger partial charge in [-0.1, -0.05) is 18.2 Å². The Morgan fingerprint density at radius 3 is 2.52 bits per heavy atom. The van der Waals surface area contributed by atoms with Crippen LogP contribution in [0, 0.1) is 11.3 Å². The first-order chi connectivity index (χ1) is 13.0. The van der Waals surface area contributed by atoms with Crippen LogP contribution in [0.3, 0.4) is 0 Å². The average molecular weight is 381 g/mol. The molecule has 0 atom stereocenters. The van der Waals surface area contributed by atoms with Gasteiger partial charge >= 0.3 is 0 Å². The molecular formula is C19H15N3O4S. The summed E-state index contributed by atoms with van der Waals surface area (Å²) in [6, 6.07) is 17.6. The maximum atomic E-state index is 12.3. The molecule has 0 fully saturated rings. The van der Waals surface area contributed by atoms with Crippen LogP contribution >= 0.6 is 0 Å². The molecule has 1 heterocycles. The Labute approximate surface area is 156 Å². The third kappa shape index (κ3) is 4.61. The van der Waals surface area contributed by atoms with Crippen molar-refractivity contribution < 1.29 is 17.6 Å². The van der Waals surface area contributed by atoms with Gasteiger partial charge in [0.1, 0.15) is 0 Å². The Morgan fingerprint density at radius 2 is 1.85 bits per heavy atom. The number of nitrogens with one attached hydrogen (secondary N) is 2. The summed E-state index contributed by atoms with van der Waals surface area (Å²) in [6.07, 6.45) is 1.41. The van der Waals surface area contributed by atoms with Gasteiger partial charge in [0.2, 0.25) is 10.0 Å². The molecule has 2 aromatic carbocycles. The van der Waals surface area contributed by atoms with Crippen molar-refractivity contribution in [2.24, 2.45) is 0 Å². The standard InChI is InChI=1S/C19H15N3O4S/c20-12-15-3-1-4-17(11-15)27(24,25)21-13-14-6-8-16(9-7-14)22-19(23)18-5-2-10-26-18/h1-11,21H,13H2,(H,22,23). The minimum atomic E-state index is -3.73. The average Bonchev–Trinajstić information content (AvgIpc) is 3.22. The van der Waals surface area contributed by atoms with Crippen LogP contribution in [0.4, 0.5) is 5.69 Å². The van der Waals surface area contributed by atoms with Crippen LogP contribution in [0.5, 0.6) is 0 Å². The molecule has 0 saturated carbocycles. The van der Waals surface area contributed by atoms with Crippen molar-refractivity contribution in [3.8, 4) is 6.07 Å². The van der Waals surface area contributed by atoms with Crippen LogP contribution in [0.15, 0.2) is 76.2 Å². The van der Waals surface area contributed by atoms with Crippen LogP contribution in [-0.2, 0) is 16.6 Å². The van der Waals surface area contributed by atoms with Crippen LogP contribution < -0.4 is 10.0 Å². The molecule has 2 N–H and O–H groups in total. The Kier molecular flexibility index (Phi) is 5.35. The number of carbonyl (C=O) groups is 1. The SMILES string of the molecule is N#Cc1cccc(S(=O)(=O)NCc2ccc(NC(=O)c3ccco3)cc2)c1. The van der Waals surface area contributed by atoms with E-state index in [1.165, 1.54) is 30.5 Å². The number of nitrogens with zero attached hydrogens (tertiary/aromatic N) is 1. The van der Waals surface area contributed by atoms with Crippen LogP contribution in [0.2, 0.25) is 0 Å². The monoisotopic (exact) mass is 381 g/mol. The highest BCUT2D eigenvalue weighted by Gasteiger charge is 2.14. The second-order valence-electron chi connectivity index (χ2n) is 5.59. The largest absolute Gasteiger partial charge is 0.459 e.